The summed E-state index contributed by atoms with van der Waals surface area (Å²) in [6, 6.07) is 0. The van der Waals surface area contributed by atoms with Crippen LogP contribution in [0.1, 0.15) is 25.7 Å². The van der Waals surface area contributed by atoms with Crippen LogP contribution in [0, 0.1) is 5.92 Å². The van der Waals surface area contributed by atoms with Gasteiger partial charge in [0.2, 0.25) is 0 Å². The summed E-state index contributed by atoms with van der Waals surface area (Å²) in [5, 5.41) is 3.31. The lowest BCUT2D eigenvalue weighted by Crippen LogP contribution is -2.41. The summed E-state index contributed by atoms with van der Waals surface area (Å²) in [5.41, 5.74) is -0.0943. The quantitative estimate of drug-likeness (QED) is 0.542. The van der Waals surface area contributed by atoms with Gasteiger partial charge in [0.25, 0.3) is 0 Å². The molecule has 2 heteroatoms. The van der Waals surface area contributed by atoms with Gasteiger partial charge in [0.1, 0.15) is 6.29 Å². The fourth-order valence-electron chi connectivity index (χ4n) is 2.26. The van der Waals surface area contributed by atoms with Gasteiger partial charge in [-0.15, -0.1) is 0 Å². The highest BCUT2D eigenvalue weighted by atomic mass is 16.1. The van der Waals surface area contributed by atoms with Crippen LogP contribution >= 0.6 is 0 Å². The molecule has 2 aliphatic rings. The van der Waals surface area contributed by atoms with Crippen LogP contribution in [0.25, 0.3) is 0 Å². The Morgan fingerprint density at radius 3 is 3.20 bits per heavy atom. The smallest absolute Gasteiger partial charge is 0.140 e. The van der Waals surface area contributed by atoms with E-state index in [1.165, 1.54) is 12.8 Å². The number of hydrogen-bond donors (Lipinski definition) is 1. The highest BCUT2D eigenvalue weighted by molar-refractivity contribution is 5.65. The minimum absolute atomic E-state index is 0.0943. The van der Waals surface area contributed by atoms with Gasteiger partial charge in [-0.1, -0.05) is 6.42 Å². The van der Waals surface area contributed by atoms with E-state index in [-0.39, 0.29) is 5.54 Å². The molecule has 0 aromatic heterocycles. The lowest BCUT2D eigenvalue weighted by atomic mass is 9.81. The second kappa shape index (κ2) is 2.06. The lowest BCUT2D eigenvalue weighted by molar-refractivity contribution is -0.113. The molecule has 0 aromatic carbocycles. The number of rotatable bonds is 1. The van der Waals surface area contributed by atoms with E-state index in [1.54, 1.807) is 0 Å². The van der Waals surface area contributed by atoms with Crippen LogP contribution in [0.3, 0.4) is 0 Å². The monoisotopic (exact) mass is 139 g/mol. The zero-order chi connectivity index (χ0) is 7.03. The third kappa shape index (κ3) is 0.788. The van der Waals surface area contributed by atoms with Crippen LogP contribution in [0.5, 0.6) is 0 Å². The molecular weight excluding hydrogens is 126 g/mol. The Hall–Kier alpha value is -0.370. The molecule has 2 fully saturated rings. The molecule has 1 N–H and O–H groups in total. The third-order valence-corrected chi connectivity index (χ3v) is 2.86. The van der Waals surface area contributed by atoms with Gasteiger partial charge in [0.05, 0.1) is 5.54 Å². The van der Waals surface area contributed by atoms with Gasteiger partial charge >= 0.3 is 0 Å². The Morgan fingerprint density at radius 2 is 2.50 bits per heavy atom. The number of carbonyl (C=O) groups excluding carboxylic acids is 1. The summed E-state index contributed by atoms with van der Waals surface area (Å²) in [7, 11) is 0. The zero-order valence-electron chi connectivity index (χ0n) is 6.10. The first kappa shape index (κ1) is 6.35. The SMILES string of the molecule is O=CC12CCCC(CN1)C2. The summed E-state index contributed by atoms with van der Waals surface area (Å²) in [6.07, 6.45) is 5.83. The maximum absolute atomic E-state index is 10.7. The number of fused-ring (bicyclic) bond motifs is 2. The number of aldehydes is 1. The van der Waals surface area contributed by atoms with Crippen molar-refractivity contribution in [2.45, 2.75) is 31.2 Å². The predicted octanol–water partition coefficient (Wildman–Crippen LogP) is 0.718. The van der Waals surface area contributed by atoms with E-state index in [9.17, 15) is 4.79 Å². The van der Waals surface area contributed by atoms with Crippen molar-refractivity contribution in [1.29, 1.82) is 0 Å². The van der Waals surface area contributed by atoms with Gasteiger partial charge in [-0.3, -0.25) is 0 Å². The maximum Gasteiger partial charge on any atom is 0.140 e. The molecule has 2 bridgehead atoms. The minimum atomic E-state index is -0.0943. The summed E-state index contributed by atoms with van der Waals surface area (Å²) in [5.74, 6) is 0.791. The molecule has 1 heterocycles. The number of hydrogen-bond acceptors (Lipinski definition) is 2. The van der Waals surface area contributed by atoms with Crippen LogP contribution in [-0.4, -0.2) is 18.4 Å². The van der Waals surface area contributed by atoms with Crippen molar-refractivity contribution < 1.29 is 4.79 Å². The predicted molar refractivity (Wildman–Crippen MR) is 38.8 cm³/mol. The van der Waals surface area contributed by atoms with Crippen LogP contribution in [-0.2, 0) is 4.79 Å². The Labute approximate surface area is 61.0 Å². The average Bonchev–Trinajstić information content (AvgIpc) is 2.29. The second-order valence-corrected chi connectivity index (χ2v) is 3.62. The van der Waals surface area contributed by atoms with Gasteiger partial charge in [0, 0.05) is 0 Å². The molecule has 0 spiro atoms. The minimum Gasteiger partial charge on any atom is -0.305 e. The highest BCUT2D eigenvalue weighted by Crippen LogP contribution is 2.35. The highest BCUT2D eigenvalue weighted by Gasteiger charge is 2.41. The molecule has 2 atom stereocenters. The van der Waals surface area contributed by atoms with Crippen molar-refractivity contribution >= 4 is 6.29 Å². The zero-order valence-corrected chi connectivity index (χ0v) is 6.10. The summed E-state index contributed by atoms with van der Waals surface area (Å²) < 4.78 is 0. The fourth-order valence-corrected chi connectivity index (χ4v) is 2.26. The molecule has 56 valence electrons. The van der Waals surface area contributed by atoms with E-state index in [2.05, 4.69) is 5.32 Å². The molecule has 2 unspecified atom stereocenters. The summed E-state index contributed by atoms with van der Waals surface area (Å²) >= 11 is 0. The maximum atomic E-state index is 10.7. The largest absolute Gasteiger partial charge is 0.305 e. The first-order valence-electron chi connectivity index (χ1n) is 4.06. The standard InChI is InChI=1S/C8H13NO/c10-6-8-3-1-2-7(4-8)5-9-8/h6-7,9H,1-5H2. The Bertz CT molecular complexity index is 153. The van der Waals surface area contributed by atoms with E-state index in [0.717, 1.165) is 31.6 Å². The molecule has 2 nitrogen and oxygen atoms in total. The molecule has 0 radical (unpaired) electrons. The van der Waals surface area contributed by atoms with Gasteiger partial charge in [-0.25, -0.2) is 0 Å². The van der Waals surface area contributed by atoms with E-state index in [1.807, 2.05) is 0 Å². The Kier molecular flexibility index (Phi) is 1.31. The molecule has 1 aliphatic carbocycles. The molecule has 10 heavy (non-hydrogen) atoms. The molecule has 1 aliphatic heterocycles. The van der Waals surface area contributed by atoms with Crippen LogP contribution in [0.2, 0.25) is 0 Å². The van der Waals surface area contributed by atoms with Crippen molar-refractivity contribution in [1.82, 2.24) is 5.32 Å². The fraction of sp³-hybridized carbons (Fsp3) is 0.875. The molecular formula is C8H13NO. The van der Waals surface area contributed by atoms with Crippen LogP contribution in [0.4, 0.5) is 0 Å². The van der Waals surface area contributed by atoms with E-state index in [4.69, 9.17) is 0 Å². The number of nitrogens with one attached hydrogen (secondary N) is 1. The van der Waals surface area contributed by atoms with Crippen LogP contribution < -0.4 is 5.32 Å². The van der Waals surface area contributed by atoms with E-state index in [0.29, 0.717) is 0 Å². The Morgan fingerprint density at radius 1 is 1.60 bits per heavy atom. The average molecular weight is 139 g/mol. The van der Waals surface area contributed by atoms with Crippen molar-refractivity contribution in [3.63, 3.8) is 0 Å². The second-order valence-electron chi connectivity index (χ2n) is 3.62. The van der Waals surface area contributed by atoms with E-state index < -0.39 is 0 Å². The normalized spacial score (nSPS) is 45.4. The van der Waals surface area contributed by atoms with Crippen molar-refractivity contribution in [2.24, 2.45) is 5.92 Å². The molecule has 0 aromatic rings. The van der Waals surface area contributed by atoms with Crippen molar-refractivity contribution in [2.75, 3.05) is 6.54 Å². The Balaban J connectivity index is 2.16. The topological polar surface area (TPSA) is 29.1 Å². The van der Waals surface area contributed by atoms with Gasteiger partial charge in [-0.05, 0) is 31.7 Å². The molecule has 1 saturated carbocycles. The van der Waals surface area contributed by atoms with Gasteiger partial charge < -0.3 is 10.1 Å². The third-order valence-electron chi connectivity index (χ3n) is 2.86. The first-order valence-corrected chi connectivity index (χ1v) is 4.06. The number of carbonyl (C=O) groups is 1. The van der Waals surface area contributed by atoms with Gasteiger partial charge in [0.15, 0.2) is 0 Å². The summed E-state index contributed by atoms with van der Waals surface area (Å²) in [4.78, 5) is 10.7. The first-order chi connectivity index (χ1) is 4.85. The molecule has 0 amide bonds. The summed E-state index contributed by atoms with van der Waals surface area (Å²) in [6.45, 7) is 1.07. The van der Waals surface area contributed by atoms with Crippen molar-refractivity contribution in [3.8, 4) is 0 Å². The van der Waals surface area contributed by atoms with E-state index >= 15 is 0 Å². The van der Waals surface area contributed by atoms with Crippen LogP contribution in [0.15, 0.2) is 0 Å². The van der Waals surface area contributed by atoms with Crippen molar-refractivity contribution in [3.05, 3.63) is 0 Å². The van der Waals surface area contributed by atoms with Gasteiger partial charge in [-0.2, -0.15) is 0 Å². The molecule has 2 rings (SSSR count). The molecule has 1 saturated heterocycles. The lowest BCUT2D eigenvalue weighted by Gasteiger charge is -2.26.